The Morgan fingerprint density at radius 3 is 2.12 bits per heavy atom. The van der Waals surface area contributed by atoms with Gasteiger partial charge in [-0.15, -0.1) is 0 Å². The van der Waals surface area contributed by atoms with Crippen molar-refractivity contribution in [3.63, 3.8) is 0 Å². The number of rotatable bonds is 4. The predicted octanol–water partition coefficient (Wildman–Crippen LogP) is 2.42. The molecule has 4 heteroatoms. The number of amides is 1. The number of quaternary nitrogens is 1. The van der Waals surface area contributed by atoms with Crippen LogP contribution >= 0.6 is 0 Å². The zero-order chi connectivity index (χ0) is 18.1. The third-order valence-corrected chi connectivity index (χ3v) is 4.80. The normalized spacial score (nSPS) is 20.0. The number of aryl methyl sites for hydroxylation is 3. The predicted molar refractivity (Wildman–Crippen MR) is 100 cm³/mol. The van der Waals surface area contributed by atoms with Gasteiger partial charge < -0.3 is 16.0 Å². The first kappa shape index (κ1) is 18.9. The number of piperidine rings is 1. The molecule has 1 amide bonds. The highest BCUT2D eigenvalue weighted by molar-refractivity contribution is 5.93. The lowest BCUT2D eigenvalue weighted by Gasteiger charge is -2.45. The van der Waals surface area contributed by atoms with Crippen LogP contribution in [0.15, 0.2) is 12.1 Å². The summed E-state index contributed by atoms with van der Waals surface area (Å²) in [6.07, 6.45) is 2.15. The Morgan fingerprint density at radius 2 is 1.62 bits per heavy atom. The van der Waals surface area contributed by atoms with Gasteiger partial charge in [-0.05, 0) is 59.6 Å². The van der Waals surface area contributed by atoms with Gasteiger partial charge in [0, 0.05) is 29.6 Å². The van der Waals surface area contributed by atoms with E-state index in [-0.39, 0.29) is 17.0 Å². The molecule has 1 aromatic carbocycles. The van der Waals surface area contributed by atoms with E-state index in [9.17, 15) is 4.79 Å². The third-order valence-electron chi connectivity index (χ3n) is 4.80. The molecule has 4 nitrogen and oxygen atoms in total. The van der Waals surface area contributed by atoms with E-state index in [1.807, 2.05) is 0 Å². The van der Waals surface area contributed by atoms with Crippen molar-refractivity contribution in [2.24, 2.45) is 0 Å². The molecule has 0 unspecified atom stereocenters. The van der Waals surface area contributed by atoms with Crippen molar-refractivity contribution in [1.82, 2.24) is 5.32 Å². The van der Waals surface area contributed by atoms with Crippen molar-refractivity contribution in [2.45, 2.75) is 78.4 Å². The van der Waals surface area contributed by atoms with Crippen LogP contribution in [0.3, 0.4) is 0 Å². The number of benzene rings is 1. The van der Waals surface area contributed by atoms with Gasteiger partial charge in [-0.3, -0.25) is 4.79 Å². The van der Waals surface area contributed by atoms with Crippen molar-refractivity contribution in [3.8, 4) is 0 Å². The maximum atomic E-state index is 12.4. The maximum absolute atomic E-state index is 12.4. The second kappa shape index (κ2) is 6.85. The molecule has 0 atom stereocenters. The second-order valence-corrected chi connectivity index (χ2v) is 8.82. The number of hydrogen-bond acceptors (Lipinski definition) is 2. The first-order chi connectivity index (χ1) is 11.0. The molecular weight excluding hydrogens is 298 g/mol. The smallest absolute Gasteiger partial charge is 0.279 e. The molecule has 0 radical (unpaired) electrons. The summed E-state index contributed by atoms with van der Waals surface area (Å²) in [5, 5.41) is 9.00. The van der Waals surface area contributed by atoms with Gasteiger partial charge >= 0.3 is 0 Å². The van der Waals surface area contributed by atoms with E-state index >= 15 is 0 Å². The SMILES string of the molecule is Cc1cc(C)c(NC(=O)C[NH2+]C2CC(C)(C)NC(C)(C)C2)c(C)c1. The zero-order valence-electron chi connectivity index (χ0n) is 16.3. The topological polar surface area (TPSA) is 57.7 Å². The van der Waals surface area contributed by atoms with E-state index in [0.717, 1.165) is 29.7 Å². The number of hydrogen-bond donors (Lipinski definition) is 3. The minimum atomic E-state index is 0.0826. The molecule has 24 heavy (non-hydrogen) atoms. The summed E-state index contributed by atoms with van der Waals surface area (Å²) in [5.74, 6) is 0.0826. The highest BCUT2D eigenvalue weighted by atomic mass is 16.1. The first-order valence-electron chi connectivity index (χ1n) is 8.98. The Labute approximate surface area is 146 Å². The molecule has 134 valence electrons. The van der Waals surface area contributed by atoms with Crippen LogP contribution in [0.4, 0.5) is 5.69 Å². The minimum absolute atomic E-state index is 0.0826. The van der Waals surface area contributed by atoms with Gasteiger partial charge in [0.2, 0.25) is 0 Å². The molecule has 1 heterocycles. The molecule has 1 saturated heterocycles. The monoisotopic (exact) mass is 332 g/mol. The maximum Gasteiger partial charge on any atom is 0.279 e. The van der Waals surface area contributed by atoms with Crippen LogP contribution in [-0.4, -0.2) is 29.6 Å². The molecule has 0 spiro atoms. The molecule has 1 aliphatic rings. The number of nitrogens with two attached hydrogens (primary N) is 1. The molecule has 1 fully saturated rings. The van der Waals surface area contributed by atoms with Crippen LogP contribution < -0.4 is 16.0 Å². The van der Waals surface area contributed by atoms with E-state index in [1.54, 1.807) is 0 Å². The summed E-state index contributed by atoms with van der Waals surface area (Å²) in [6, 6.07) is 4.70. The summed E-state index contributed by atoms with van der Waals surface area (Å²) in [6.45, 7) is 15.6. The highest BCUT2D eigenvalue weighted by Crippen LogP contribution is 2.26. The lowest BCUT2D eigenvalue weighted by atomic mass is 9.79. The summed E-state index contributed by atoms with van der Waals surface area (Å²) < 4.78 is 0. The van der Waals surface area contributed by atoms with Crippen LogP contribution in [-0.2, 0) is 4.79 Å². The van der Waals surface area contributed by atoms with Gasteiger partial charge in [0.15, 0.2) is 6.54 Å². The largest absolute Gasteiger partial charge is 0.336 e. The Morgan fingerprint density at radius 1 is 1.12 bits per heavy atom. The van der Waals surface area contributed by atoms with Gasteiger partial charge in [0.1, 0.15) is 0 Å². The van der Waals surface area contributed by atoms with Gasteiger partial charge in [-0.1, -0.05) is 17.7 Å². The van der Waals surface area contributed by atoms with Crippen LogP contribution in [0.2, 0.25) is 0 Å². The van der Waals surface area contributed by atoms with Gasteiger partial charge in [0.05, 0.1) is 6.04 Å². The fraction of sp³-hybridized carbons (Fsp3) is 0.650. The van der Waals surface area contributed by atoms with Crippen LogP contribution in [0, 0.1) is 20.8 Å². The summed E-state index contributed by atoms with van der Waals surface area (Å²) in [4.78, 5) is 12.4. The third kappa shape index (κ3) is 5.05. The van der Waals surface area contributed by atoms with Crippen molar-refractivity contribution in [1.29, 1.82) is 0 Å². The van der Waals surface area contributed by atoms with E-state index in [2.05, 4.69) is 76.5 Å². The molecule has 0 aliphatic carbocycles. The summed E-state index contributed by atoms with van der Waals surface area (Å²) in [7, 11) is 0. The molecule has 1 aliphatic heterocycles. The van der Waals surface area contributed by atoms with Crippen molar-refractivity contribution < 1.29 is 10.1 Å². The average Bonchev–Trinajstić information content (AvgIpc) is 2.37. The molecule has 1 aromatic rings. The average molecular weight is 333 g/mol. The minimum Gasteiger partial charge on any atom is -0.336 e. The molecule has 0 saturated carbocycles. The second-order valence-electron chi connectivity index (χ2n) is 8.82. The zero-order valence-corrected chi connectivity index (χ0v) is 16.3. The lowest BCUT2D eigenvalue weighted by Crippen LogP contribution is -2.94. The fourth-order valence-corrected chi connectivity index (χ4v) is 4.41. The van der Waals surface area contributed by atoms with Gasteiger partial charge in [0.25, 0.3) is 5.91 Å². The van der Waals surface area contributed by atoms with Crippen LogP contribution in [0.1, 0.15) is 57.2 Å². The van der Waals surface area contributed by atoms with E-state index in [1.165, 1.54) is 5.56 Å². The molecule has 4 N–H and O–H groups in total. The Balaban J connectivity index is 1.94. The van der Waals surface area contributed by atoms with Crippen molar-refractivity contribution >= 4 is 11.6 Å². The van der Waals surface area contributed by atoms with Crippen molar-refractivity contribution in [2.75, 3.05) is 11.9 Å². The molecule has 2 rings (SSSR count). The van der Waals surface area contributed by atoms with E-state index in [4.69, 9.17) is 0 Å². The fourth-order valence-electron chi connectivity index (χ4n) is 4.41. The summed E-state index contributed by atoms with van der Waals surface area (Å²) in [5.41, 5.74) is 4.68. The number of nitrogens with one attached hydrogen (secondary N) is 2. The quantitative estimate of drug-likeness (QED) is 0.793. The Hall–Kier alpha value is -1.39. The number of anilines is 1. The van der Waals surface area contributed by atoms with Crippen LogP contribution in [0.25, 0.3) is 0 Å². The standard InChI is InChI=1S/C20H33N3O/c1-13-8-14(2)18(15(3)9-13)22-17(24)12-21-16-10-19(4,5)23-20(6,7)11-16/h8-9,16,21,23H,10-12H2,1-7H3,(H,22,24)/p+1. The highest BCUT2D eigenvalue weighted by Gasteiger charge is 2.39. The van der Waals surface area contributed by atoms with E-state index in [0.29, 0.717) is 12.6 Å². The van der Waals surface area contributed by atoms with E-state index < -0.39 is 0 Å². The van der Waals surface area contributed by atoms with Crippen molar-refractivity contribution in [3.05, 3.63) is 28.8 Å². The summed E-state index contributed by atoms with van der Waals surface area (Å²) >= 11 is 0. The van der Waals surface area contributed by atoms with Gasteiger partial charge in [-0.2, -0.15) is 0 Å². The Kier molecular flexibility index (Phi) is 5.41. The van der Waals surface area contributed by atoms with Gasteiger partial charge in [-0.25, -0.2) is 0 Å². The van der Waals surface area contributed by atoms with Crippen LogP contribution in [0.5, 0.6) is 0 Å². The Bertz CT molecular complexity index is 580. The number of carbonyl (C=O) groups is 1. The first-order valence-corrected chi connectivity index (χ1v) is 8.98. The number of carbonyl (C=O) groups excluding carboxylic acids is 1. The molecule has 0 bridgehead atoms. The molecular formula is C20H34N3O+. The lowest BCUT2D eigenvalue weighted by molar-refractivity contribution is -0.683. The molecule has 0 aromatic heterocycles.